The summed E-state index contributed by atoms with van der Waals surface area (Å²) < 4.78 is 5.64. The number of carbonyl (C=O) groups excluding carboxylic acids is 1. The van der Waals surface area contributed by atoms with Crippen molar-refractivity contribution in [2.24, 2.45) is 5.10 Å². The first-order chi connectivity index (χ1) is 10.7. The normalized spacial score (nSPS) is 11.0. The van der Waals surface area contributed by atoms with Crippen LogP contribution in [0, 0.1) is 0 Å². The highest BCUT2D eigenvalue weighted by molar-refractivity contribution is 7.12. The van der Waals surface area contributed by atoms with E-state index in [-0.39, 0.29) is 5.91 Å². The zero-order valence-corrected chi connectivity index (χ0v) is 12.9. The molecule has 3 rings (SSSR count). The Morgan fingerprint density at radius 2 is 2.14 bits per heavy atom. The number of nitrogens with one attached hydrogen (secondary N) is 1. The molecule has 0 saturated heterocycles. The molecule has 22 heavy (non-hydrogen) atoms. The SMILES string of the molecule is O=C(N/N=C\c1ccc(-c2cccc(Cl)c2)o1)c1cccs1. The maximum atomic E-state index is 11.7. The van der Waals surface area contributed by atoms with Gasteiger partial charge in [-0.15, -0.1) is 11.3 Å². The molecule has 4 nitrogen and oxygen atoms in total. The second-order valence-corrected chi connectivity index (χ2v) is 5.77. The van der Waals surface area contributed by atoms with Crippen molar-refractivity contribution < 1.29 is 9.21 Å². The third kappa shape index (κ3) is 3.44. The van der Waals surface area contributed by atoms with E-state index in [0.717, 1.165) is 5.56 Å². The van der Waals surface area contributed by atoms with Gasteiger partial charge in [-0.3, -0.25) is 4.79 Å². The van der Waals surface area contributed by atoms with Crippen LogP contribution in [0.2, 0.25) is 5.02 Å². The van der Waals surface area contributed by atoms with Crippen molar-refractivity contribution in [1.82, 2.24) is 5.43 Å². The fourth-order valence-corrected chi connectivity index (χ4v) is 2.64. The molecular formula is C16H11ClN2O2S. The zero-order valence-electron chi connectivity index (χ0n) is 11.3. The summed E-state index contributed by atoms with van der Waals surface area (Å²) in [6, 6.07) is 14.5. The molecule has 0 spiro atoms. The molecule has 2 aromatic heterocycles. The highest BCUT2D eigenvalue weighted by Crippen LogP contribution is 2.24. The lowest BCUT2D eigenvalue weighted by atomic mass is 10.2. The summed E-state index contributed by atoms with van der Waals surface area (Å²) in [5.41, 5.74) is 3.34. The van der Waals surface area contributed by atoms with Crippen molar-refractivity contribution in [2.75, 3.05) is 0 Å². The predicted octanol–water partition coefficient (Wildman–Crippen LogP) is 4.43. The van der Waals surface area contributed by atoms with Gasteiger partial charge in [0.2, 0.25) is 0 Å². The second kappa shape index (κ2) is 6.60. The minimum atomic E-state index is -0.243. The molecule has 0 unspecified atom stereocenters. The maximum Gasteiger partial charge on any atom is 0.281 e. The summed E-state index contributed by atoms with van der Waals surface area (Å²) in [5.74, 6) is 0.989. The number of rotatable bonds is 4. The average molecular weight is 331 g/mol. The van der Waals surface area contributed by atoms with Gasteiger partial charge in [0.15, 0.2) is 0 Å². The first-order valence-corrected chi connectivity index (χ1v) is 7.71. The second-order valence-electron chi connectivity index (χ2n) is 4.39. The Balaban J connectivity index is 1.67. The van der Waals surface area contributed by atoms with Gasteiger partial charge in [-0.2, -0.15) is 5.10 Å². The van der Waals surface area contributed by atoms with Gasteiger partial charge in [-0.1, -0.05) is 29.8 Å². The Hall–Kier alpha value is -2.37. The van der Waals surface area contributed by atoms with E-state index in [1.165, 1.54) is 17.6 Å². The summed E-state index contributed by atoms with van der Waals surface area (Å²) >= 11 is 7.31. The quantitative estimate of drug-likeness (QED) is 0.568. The van der Waals surface area contributed by atoms with Crippen molar-refractivity contribution >= 4 is 35.1 Å². The third-order valence-corrected chi connectivity index (χ3v) is 3.94. The highest BCUT2D eigenvalue weighted by Gasteiger charge is 2.05. The number of hydrazone groups is 1. The van der Waals surface area contributed by atoms with Crippen LogP contribution in [0.4, 0.5) is 0 Å². The molecule has 0 atom stereocenters. The standard InChI is InChI=1S/C16H11ClN2O2S/c17-12-4-1-3-11(9-12)14-7-6-13(21-14)10-18-19-16(20)15-5-2-8-22-15/h1-10H,(H,19,20)/b18-10-. The summed E-state index contributed by atoms with van der Waals surface area (Å²) in [6.07, 6.45) is 1.46. The van der Waals surface area contributed by atoms with Gasteiger partial charge in [0.05, 0.1) is 11.1 Å². The summed E-state index contributed by atoms with van der Waals surface area (Å²) in [4.78, 5) is 12.3. The van der Waals surface area contributed by atoms with Gasteiger partial charge in [0.25, 0.3) is 5.91 Å². The van der Waals surface area contributed by atoms with Gasteiger partial charge in [-0.25, -0.2) is 5.43 Å². The molecule has 3 aromatic rings. The number of thiophene rings is 1. The minimum absolute atomic E-state index is 0.243. The molecule has 0 aliphatic rings. The van der Waals surface area contributed by atoms with Crippen molar-refractivity contribution in [3.8, 4) is 11.3 Å². The Morgan fingerprint density at radius 3 is 2.91 bits per heavy atom. The molecule has 0 bridgehead atoms. The van der Waals surface area contributed by atoms with Gasteiger partial charge in [0.1, 0.15) is 11.5 Å². The first kappa shape index (κ1) is 14.6. The van der Waals surface area contributed by atoms with Gasteiger partial charge in [-0.05, 0) is 35.7 Å². The number of hydrogen-bond acceptors (Lipinski definition) is 4. The molecule has 0 aliphatic carbocycles. The molecule has 1 N–H and O–H groups in total. The average Bonchev–Trinajstić information content (AvgIpc) is 3.19. The van der Waals surface area contributed by atoms with E-state index in [0.29, 0.717) is 21.4 Å². The van der Waals surface area contributed by atoms with Crippen LogP contribution in [0.15, 0.2) is 63.4 Å². The van der Waals surface area contributed by atoms with Crippen LogP contribution in [0.25, 0.3) is 11.3 Å². The van der Waals surface area contributed by atoms with Crippen LogP contribution in [-0.4, -0.2) is 12.1 Å². The van der Waals surface area contributed by atoms with E-state index in [1.807, 2.05) is 35.7 Å². The number of benzene rings is 1. The molecule has 2 heterocycles. The molecule has 0 radical (unpaired) electrons. The third-order valence-electron chi connectivity index (χ3n) is 2.84. The number of amides is 1. The van der Waals surface area contributed by atoms with Gasteiger partial charge < -0.3 is 4.42 Å². The molecule has 0 aliphatic heterocycles. The number of hydrogen-bond donors (Lipinski definition) is 1. The van der Waals surface area contributed by atoms with E-state index in [2.05, 4.69) is 10.5 Å². The predicted molar refractivity (Wildman–Crippen MR) is 88.5 cm³/mol. The Kier molecular flexibility index (Phi) is 4.37. The van der Waals surface area contributed by atoms with E-state index >= 15 is 0 Å². The largest absolute Gasteiger partial charge is 0.455 e. The molecule has 1 aromatic carbocycles. The van der Waals surface area contributed by atoms with Crippen LogP contribution in [0.1, 0.15) is 15.4 Å². The van der Waals surface area contributed by atoms with Crippen LogP contribution >= 0.6 is 22.9 Å². The van der Waals surface area contributed by atoms with Crippen LogP contribution in [-0.2, 0) is 0 Å². The summed E-state index contributed by atoms with van der Waals surface area (Å²) in [7, 11) is 0. The number of nitrogens with zero attached hydrogens (tertiary/aromatic N) is 1. The molecule has 6 heteroatoms. The molecule has 1 amide bonds. The summed E-state index contributed by atoms with van der Waals surface area (Å²) in [5, 5.41) is 6.37. The fourth-order valence-electron chi connectivity index (χ4n) is 1.84. The Labute approximate surface area is 136 Å². The lowest BCUT2D eigenvalue weighted by molar-refractivity contribution is 0.0959. The number of furan rings is 1. The van der Waals surface area contributed by atoms with Crippen molar-refractivity contribution in [3.63, 3.8) is 0 Å². The molecular weight excluding hydrogens is 320 g/mol. The van der Waals surface area contributed by atoms with Crippen LogP contribution in [0.3, 0.4) is 0 Å². The lowest BCUT2D eigenvalue weighted by Gasteiger charge is -1.97. The lowest BCUT2D eigenvalue weighted by Crippen LogP contribution is -2.15. The maximum absolute atomic E-state index is 11.7. The summed E-state index contributed by atoms with van der Waals surface area (Å²) in [6.45, 7) is 0. The van der Waals surface area contributed by atoms with Gasteiger partial charge >= 0.3 is 0 Å². The topological polar surface area (TPSA) is 54.6 Å². The molecule has 110 valence electrons. The molecule has 0 fully saturated rings. The van der Waals surface area contributed by atoms with Crippen LogP contribution < -0.4 is 5.43 Å². The van der Waals surface area contributed by atoms with E-state index < -0.39 is 0 Å². The van der Waals surface area contributed by atoms with E-state index in [1.54, 1.807) is 18.2 Å². The number of carbonyl (C=O) groups is 1. The Bertz CT molecular complexity index is 809. The van der Waals surface area contributed by atoms with Crippen molar-refractivity contribution in [2.45, 2.75) is 0 Å². The van der Waals surface area contributed by atoms with Crippen LogP contribution in [0.5, 0.6) is 0 Å². The fraction of sp³-hybridized carbons (Fsp3) is 0. The Morgan fingerprint density at radius 1 is 1.23 bits per heavy atom. The van der Waals surface area contributed by atoms with Crippen molar-refractivity contribution in [1.29, 1.82) is 0 Å². The van der Waals surface area contributed by atoms with Crippen molar-refractivity contribution in [3.05, 3.63) is 69.6 Å². The van der Waals surface area contributed by atoms with E-state index in [4.69, 9.17) is 16.0 Å². The van der Waals surface area contributed by atoms with Gasteiger partial charge in [0, 0.05) is 10.6 Å². The molecule has 0 saturated carbocycles. The zero-order chi connectivity index (χ0) is 15.4. The smallest absolute Gasteiger partial charge is 0.281 e. The highest BCUT2D eigenvalue weighted by atomic mass is 35.5. The minimum Gasteiger partial charge on any atom is -0.455 e. The monoisotopic (exact) mass is 330 g/mol. The first-order valence-electron chi connectivity index (χ1n) is 6.45. The van der Waals surface area contributed by atoms with E-state index in [9.17, 15) is 4.79 Å². The number of halogens is 1.